The summed E-state index contributed by atoms with van der Waals surface area (Å²) >= 11 is 6.46. The number of amides is 1. The highest BCUT2D eigenvalue weighted by Crippen LogP contribution is 2.32. The van der Waals surface area contributed by atoms with E-state index in [-0.39, 0.29) is 12.5 Å². The molecule has 0 spiro atoms. The van der Waals surface area contributed by atoms with Crippen LogP contribution in [0, 0.1) is 0 Å². The fraction of sp³-hybridized carbons (Fsp3) is 0.235. The zero-order chi connectivity index (χ0) is 17.5. The Morgan fingerprint density at radius 1 is 1.38 bits per heavy atom. The van der Waals surface area contributed by atoms with Gasteiger partial charge in [-0.3, -0.25) is 9.69 Å². The molecular formula is C17H17NO4S2. The molecule has 2 rings (SSSR count). The van der Waals surface area contributed by atoms with E-state index in [1.165, 1.54) is 16.7 Å². The van der Waals surface area contributed by atoms with Crippen molar-refractivity contribution in [2.45, 2.75) is 6.92 Å². The molecule has 1 aromatic rings. The van der Waals surface area contributed by atoms with Gasteiger partial charge in [-0.1, -0.05) is 42.2 Å². The first-order valence-electron chi connectivity index (χ1n) is 7.30. The van der Waals surface area contributed by atoms with Crippen molar-refractivity contribution in [1.29, 1.82) is 0 Å². The molecule has 1 fully saturated rings. The van der Waals surface area contributed by atoms with Crippen LogP contribution >= 0.6 is 24.0 Å². The van der Waals surface area contributed by atoms with Gasteiger partial charge in [0.05, 0.1) is 11.5 Å². The summed E-state index contributed by atoms with van der Waals surface area (Å²) in [4.78, 5) is 25.6. The first-order chi connectivity index (χ1) is 11.5. The molecule has 1 saturated heterocycles. The number of carbonyl (C=O) groups excluding carboxylic acids is 2. The van der Waals surface area contributed by atoms with Crippen molar-refractivity contribution in [2.24, 2.45) is 0 Å². The molecule has 24 heavy (non-hydrogen) atoms. The lowest BCUT2D eigenvalue weighted by molar-refractivity contribution is -0.145. The summed E-state index contributed by atoms with van der Waals surface area (Å²) in [6, 6.07) is 7.08. The number of carbonyl (C=O) groups is 2. The Hall–Kier alpha value is -2.12. The largest absolute Gasteiger partial charge is 0.482 e. The topological polar surface area (TPSA) is 55.8 Å². The summed E-state index contributed by atoms with van der Waals surface area (Å²) in [6.45, 7) is 5.96. The molecule has 0 bridgehead atoms. The van der Waals surface area contributed by atoms with Crippen LogP contribution in [-0.4, -0.2) is 40.9 Å². The van der Waals surface area contributed by atoms with Gasteiger partial charge in [-0.25, -0.2) is 4.79 Å². The molecule has 1 aromatic carbocycles. The maximum Gasteiger partial charge on any atom is 0.344 e. The summed E-state index contributed by atoms with van der Waals surface area (Å²) in [5, 5.41) is 0. The number of hydrogen-bond donors (Lipinski definition) is 0. The average Bonchev–Trinajstić information content (AvgIpc) is 2.82. The highest BCUT2D eigenvalue weighted by atomic mass is 32.2. The Kier molecular flexibility index (Phi) is 6.57. The molecule has 0 saturated carbocycles. The van der Waals surface area contributed by atoms with Crippen LogP contribution in [-0.2, 0) is 14.3 Å². The maximum absolute atomic E-state index is 12.2. The van der Waals surface area contributed by atoms with Gasteiger partial charge in [0, 0.05) is 6.54 Å². The van der Waals surface area contributed by atoms with Crippen molar-refractivity contribution >= 4 is 46.3 Å². The van der Waals surface area contributed by atoms with Crippen LogP contribution in [0.2, 0.25) is 0 Å². The summed E-state index contributed by atoms with van der Waals surface area (Å²) < 4.78 is 10.6. The third kappa shape index (κ3) is 4.69. The molecule has 0 aromatic heterocycles. The number of esters is 1. The smallest absolute Gasteiger partial charge is 0.344 e. The minimum absolute atomic E-state index is 0.118. The van der Waals surface area contributed by atoms with Gasteiger partial charge in [0.15, 0.2) is 6.61 Å². The van der Waals surface area contributed by atoms with E-state index in [2.05, 4.69) is 6.58 Å². The SMILES string of the molecule is C=CCN1C(=O)/C(=C\c2ccc(OCC(=O)OCC)cc2)SC1=S. The molecule has 126 valence electrons. The second kappa shape index (κ2) is 8.65. The zero-order valence-electron chi connectivity index (χ0n) is 13.2. The quantitative estimate of drug-likeness (QED) is 0.321. The molecule has 1 amide bonds. The lowest BCUT2D eigenvalue weighted by atomic mass is 10.2. The minimum Gasteiger partial charge on any atom is -0.482 e. The third-order valence-electron chi connectivity index (χ3n) is 3.03. The van der Waals surface area contributed by atoms with E-state index >= 15 is 0 Å². The van der Waals surface area contributed by atoms with Crippen molar-refractivity contribution in [3.05, 3.63) is 47.4 Å². The van der Waals surface area contributed by atoms with E-state index in [0.29, 0.717) is 28.1 Å². The van der Waals surface area contributed by atoms with Gasteiger partial charge in [0.25, 0.3) is 5.91 Å². The maximum atomic E-state index is 12.2. The van der Waals surface area contributed by atoms with E-state index < -0.39 is 5.97 Å². The van der Waals surface area contributed by atoms with E-state index in [1.54, 1.807) is 43.3 Å². The van der Waals surface area contributed by atoms with Crippen molar-refractivity contribution in [1.82, 2.24) is 4.90 Å². The van der Waals surface area contributed by atoms with Gasteiger partial charge in [-0.15, -0.1) is 6.58 Å². The predicted octanol–water partition coefficient (Wildman–Crippen LogP) is 3.02. The van der Waals surface area contributed by atoms with E-state index in [1.807, 2.05) is 0 Å². The first-order valence-corrected chi connectivity index (χ1v) is 8.52. The van der Waals surface area contributed by atoms with Crippen LogP contribution in [0.3, 0.4) is 0 Å². The van der Waals surface area contributed by atoms with Crippen LogP contribution in [0.5, 0.6) is 5.75 Å². The van der Waals surface area contributed by atoms with Gasteiger partial charge >= 0.3 is 5.97 Å². The van der Waals surface area contributed by atoms with Crippen LogP contribution in [0.25, 0.3) is 6.08 Å². The number of ether oxygens (including phenoxy) is 2. The minimum atomic E-state index is -0.410. The number of thiocarbonyl (C=S) groups is 1. The van der Waals surface area contributed by atoms with Crippen LogP contribution in [0.1, 0.15) is 12.5 Å². The Bertz CT molecular complexity index is 682. The molecular weight excluding hydrogens is 346 g/mol. The van der Waals surface area contributed by atoms with E-state index in [9.17, 15) is 9.59 Å². The van der Waals surface area contributed by atoms with Crippen molar-refractivity contribution in [3.8, 4) is 5.75 Å². The number of rotatable bonds is 7. The van der Waals surface area contributed by atoms with Gasteiger partial charge < -0.3 is 9.47 Å². The Labute approximate surface area is 150 Å². The normalized spacial score (nSPS) is 15.7. The predicted molar refractivity (Wildman–Crippen MR) is 98.6 cm³/mol. The average molecular weight is 363 g/mol. The fourth-order valence-corrected chi connectivity index (χ4v) is 3.22. The monoisotopic (exact) mass is 363 g/mol. The summed E-state index contributed by atoms with van der Waals surface area (Å²) in [7, 11) is 0. The van der Waals surface area contributed by atoms with Crippen molar-refractivity contribution in [3.63, 3.8) is 0 Å². The molecule has 7 heteroatoms. The second-order valence-electron chi connectivity index (χ2n) is 4.74. The molecule has 0 aliphatic carbocycles. The highest BCUT2D eigenvalue weighted by molar-refractivity contribution is 8.26. The molecule has 0 N–H and O–H groups in total. The summed E-state index contributed by atoms with van der Waals surface area (Å²) in [5.41, 5.74) is 0.845. The second-order valence-corrected chi connectivity index (χ2v) is 6.42. The zero-order valence-corrected chi connectivity index (χ0v) is 14.8. The molecule has 1 heterocycles. The van der Waals surface area contributed by atoms with Gasteiger partial charge in [0.1, 0.15) is 10.1 Å². The standard InChI is InChI=1S/C17H17NO4S2/c1-3-9-18-16(20)14(24-17(18)23)10-12-5-7-13(8-6-12)22-11-15(19)21-4-2/h3,5-8,10H,1,4,9,11H2,2H3/b14-10+. The van der Waals surface area contributed by atoms with Crippen LogP contribution < -0.4 is 4.74 Å². The molecule has 1 aliphatic rings. The molecule has 0 atom stereocenters. The van der Waals surface area contributed by atoms with Crippen molar-refractivity contribution < 1.29 is 19.1 Å². The lowest BCUT2D eigenvalue weighted by Gasteiger charge is -2.10. The van der Waals surface area contributed by atoms with Gasteiger partial charge in [-0.05, 0) is 30.7 Å². The Balaban J connectivity index is 2.01. The first kappa shape index (κ1) is 18.2. The van der Waals surface area contributed by atoms with Crippen molar-refractivity contribution in [2.75, 3.05) is 19.8 Å². The highest BCUT2D eigenvalue weighted by Gasteiger charge is 2.30. The fourth-order valence-electron chi connectivity index (χ4n) is 1.94. The van der Waals surface area contributed by atoms with E-state index in [4.69, 9.17) is 21.7 Å². The number of nitrogens with zero attached hydrogens (tertiary/aromatic N) is 1. The van der Waals surface area contributed by atoms with E-state index in [0.717, 1.165) is 5.56 Å². The number of benzene rings is 1. The summed E-state index contributed by atoms with van der Waals surface area (Å²) in [5.74, 6) is 0.0272. The molecule has 1 aliphatic heterocycles. The Morgan fingerprint density at radius 2 is 2.08 bits per heavy atom. The number of thioether (sulfide) groups is 1. The number of hydrogen-bond acceptors (Lipinski definition) is 6. The van der Waals surface area contributed by atoms with Gasteiger partial charge in [-0.2, -0.15) is 0 Å². The third-order valence-corrected chi connectivity index (χ3v) is 4.40. The molecule has 5 nitrogen and oxygen atoms in total. The Morgan fingerprint density at radius 3 is 2.71 bits per heavy atom. The molecule has 0 unspecified atom stereocenters. The lowest BCUT2D eigenvalue weighted by Crippen LogP contribution is -2.27. The van der Waals surface area contributed by atoms with Crippen LogP contribution in [0.4, 0.5) is 0 Å². The molecule has 0 radical (unpaired) electrons. The summed E-state index contributed by atoms with van der Waals surface area (Å²) in [6.07, 6.45) is 3.42. The van der Waals surface area contributed by atoms with Gasteiger partial charge in [0.2, 0.25) is 0 Å². The van der Waals surface area contributed by atoms with Crippen LogP contribution in [0.15, 0.2) is 41.8 Å².